The van der Waals surface area contributed by atoms with Crippen LogP contribution in [-0.2, 0) is 4.79 Å². The van der Waals surface area contributed by atoms with Gasteiger partial charge < -0.3 is 15.3 Å². The summed E-state index contributed by atoms with van der Waals surface area (Å²) >= 11 is 0. The molecular formula is C11H18N2O3. The van der Waals surface area contributed by atoms with Gasteiger partial charge in [-0.25, -0.2) is 4.79 Å². The summed E-state index contributed by atoms with van der Waals surface area (Å²) in [6.45, 7) is 1.92. The molecule has 1 aliphatic carbocycles. The van der Waals surface area contributed by atoms with Crippen molar-refractivity contribution in [3.05, 3.63) is 0 Å². The lowest BCUT2D eigenvalue weighted by Gasteiger charge is -2.17. The fourth-order valence-electron chi connectivity index (χ4n) is 2.79. The van der Waals surface area contributed by atoms with Crippen molar-refractivity contribution < 1.29 is 14.7 Å². The van der Waals surface area contributed by atoms with Gasteiger partial charge in [-0.15, -0.1) is 0 Å². The van der Waals surface area contributed by atoms with E-state index in [4.69, 9.17) is 5.11 Å². The number of fused-ring (bicyclic) bond motifs is 1. The molecule has 2 atom stereocenters. The maximum Gasteiger partial charge on any atom is 0.317 e. The van der Waals surface area contributed by atoms with Gasteiger partial charge in [0.25, 0.3) is 0 Å². The third-order valence-corrected chi connectivity index (χ3v) is 3.63. The number of carboxylic acids is 1. The van der Waals surface area contributed by atoms with Gasteiger partial charge in [-0.1, -0.05) is 6.42 Å². The number of hydrogen-bond acceptors (Lipinski definition) is 2. The quantitative estimate of drug-likeness (QED) is 0.751. The zero-order valence-corrected chi connectivity index (χ0v) is 9.32. The highest BCUT2D eigenvalue weighted by Gasteiger charge is 2.37. The minimum atomic E-state index is -0.876. The first-order valence-electron chi connectivity index (χ1n) is 5.91. The maximum atomic E-state index is 11.7. The summed E-state index contributed by atoms with van der Waals surface area (Å²) in [5, 5.41) is 11.1. The van der Waals surface area contributed by atoms with Crippen molar-refractivity contribution in [2.24, 2.45) is 11.8 Å². The Balaban J connectivity index is 1.72. The standard InChI is InChI=1S/C11H18N2O3/c14-10(15)4-5-12-11(16)13-6-8-2-1-3-9(8)7-13/h8-9H,1-7H2,(H,12,16)(H,14,15). The van der Waals surface area contributed by atoms with Gasteiger partial charge in [0, 0.05) is 19.6 Å². The molecule has 1 saturated heterocycles. The Morgan fingerprint density at radius 1 is 1.25 bits per heavy atom. The third kappa shape index (κ3) is 2.46. The Bertz CT molecular complexity index is 281. The topological polar surface area (TPSA) is 69.6 Å². The highest BCUT2D eigenvalue weighted by atomic mass is 16.4. The summed E-state index contributed by atoms with van der Waals surface area (Å²) < 4.78 is 0. The molecule has 0 aromatic heterocycles. The zero-order chi connectivity index (χ0) is 11.5. The van der Waals surface area contributed by atoms with E-state index < -0.39 is 5.97 Å². The molecule has 0 radical (unpaired) electrons. The lowest BCUT2D eigenvalue weighted by molar-refractivity contribution is -0.136. The summed E-state index contributed by atoms with van der Waals surface area (Å²) in [7, 11) is 0. The Morgan fingerprint density at radius 2 is 1.88 bits per heavy atom. The second-order valence-corrected chi connectivity index (χ2v) is 4.73. The Labute approximate surface area is 94.8 Å². The van der Waals surface area contributed by atoms with Crippen molar-refractivity contribution in [3.63, 3.8) is 0 Å². The molecule has 16 heavy (non-hydrogen) atoms. The van der Waals surface area contributed by atoms with Crippen molar-refractivity contribution in [2.45, 2.75) is 25.7 Å². The fourth-order valence-corrected chi connectivity index (χ4v) is 2.79. The van der Waals surface area contributed by atoms with Crippen LogP contribution in [0.1, 0.15) is 25.7 Å². The van der Waals surface area contributed by atoms with Gasteiger partial charge in [0.2, 0.25) is 0 Å². The number of likely N-dealkylation sites (tertiary alicyclic amines) is 1. The number of carbonyl (C=O) groups excluding carboxylic acids is 1. The molecule has 90 valence electrons. The van der Waals surface area contributed by atoms with Crippen molar-refractivity contribution in [2.75, 3.05) is 19.6 Å². The van der Waals surface area contributed by atoms with Gasteiger partial charge in [0.15, 0.2) is 0 Å². The number of nitrogens with zero attached hydrogens (tertiary/aromatic N) is 1. The van der Waals surface area contributed by atoms with E-state index in [-0.39, 0.29) is 19.0 Å². The van der Waals surface area contributed by atoms with Gasteiger partial charge in [-0.05, 0) is 24.7 Å². The van der Waals surface area contributed by atoms with Crippen LogP contribution in [0.5, 0.6) is 0 Å². The average molecular weight is 226 g/mol. The Kier molecular flexibility index (Phi) is 3.31. The van der Waals surface area contributed by atoms with Crippen LogP contribution in [0.3, 0.4) is 0 Å². The predicted octanol–water partition coefficient (Wildman–Crippen LogP) is 0.903. The minimum Gasteiger partial charge on any atom is -0.481 e. The molecule has 1 aliphatic heterocycles. The van der Waals surface area contributed by atoms with E-state index >= 15 is 0 Å². The van der Waals surface area contributed by atoms with E-state index in [1.165, 1.54) is 19.3 Å². The van der Waals surface area contributed by atoms with E-state index in [0.29, 0.717) is 11.8 Å². The van der Waals surface area contributed by atoms with E-state index in [0.717, 1.165) is 13.1 Å². The van der Waals surface area contributed by atoms with Gasteiger partial charge >= 0.3 is 12.0 Å². The number of rotatable bonds is 3. The maximum absolute atomic E-state index is 11.7. The molecule has 2 aliphatic rings. The van der Waals surface area contributed by atoms with E-state index in [9.17, 15) is 9.59 Å². The molecule has 2 rings (SSSR count). The number of carbonyl (C=O) groups is 2. The van der Waals surface area contributed by atoms with Gasteiger partial charge in [0.1, 0.15) is 0 Å². The van der Waals surface area contributed by atoms with Gasteiger partial charge in [-0.2, -0.15) is 0 Å². The molecule has 2 N–H and O–H groups in total. The Hall–Kier alpha value is -1.26. The van der Waals surface area contributed by atoms with Crippen LogP contribution in [0.15, 0.2) is 0 Å². The van der Waals surface area contributed by atoms with Crippen LogP contribution in [0, 0.1) is 11.8 Å². The lowest BCUT2D eigenvalue weighted by atomic mass is 10.0. The average Bonchev–Trinajstić information content (AvgIpc) is 2.75. The van der Waals surface area contributed by atoms with Crippen molar-refractivity contribution >= 4 is 12.0 Å². The smallest absolute Gasteiger partial charge is 0.317 e. The summed E-state index contributed by atoms with van der Waals surface area (Å²) in [4.78, 5) is 23.8. The minimum absolute atomic E-state index is 0.00750. The second kappa shape index (κ2) is 4.72. The van der Waals surface area contributed by atoms with Gasteiger partial charge in [0.05, 0.1) is 6.42 Å². The van der Waals surface area contributed by atoms with E-state index in [2.05, 4.69) is 5.32 Å². The number of amides is 2. The van der Waals surface area contributed by atoms with Crippen LogP contribution in [0.25, 0.3) is 0 Å². The molecule has 5 heteroatoms. The fraction of sp³-hybridized carbons (Fsp3) is 0.818. The van der Waals surface area contributed by atoms with E-state index in [1.807, 2.05) is 4.90 Å². The molecule has 0 spiro atoms. The molecule has 0 aromatic rings. The molecule has 1 saturated carbocycles. The predicted molar refractivity (Wildman–Crippen MR) is 58.1 cm³/mol. The monoisotopic (exact) mass is 226 g/mol. The van der Waals surface area contributed by atoms with Crippen molar-refractivity contribution in [1.29, 1.82) is 0 Å². The number of urea groups is 1. The Morgan fingerprint density at radius 3 is 2.44 bits per heavy atom. The normalized spacial score (nSPS) is 27.9. The summed E-state index contributed by atoms with van der Waals surface area (Å²) in [5.41, 5.74) is 0. The van der Waals surface area contributed by atoms with Crippen LogP contribution in [0.2, 0.25) is 0 Å². The lowest BCUT2D eigenvalue weighted by Crippen LogP contribution is -2.39. The van der Waals surface area contributed by atoms with Crippen LogP contribution in [0.4, 0.5) is 4.79 Å². The molecule has 2 unspecified atom stereocenters. The molecule has 2 amide bonds. The highest BCUT2D eigenvalue weighted by molar-refractivity contribution is 5.75. The van der Waals surface area contributed by atoms with Crippen LogP contribution >= 0.6 is 0 Å². The van der Waals surface area contributed by atoms with Crippen molar-refractivity contribution in [3.8, 4) is 0 Å². The molecule has 0 aromatic carbocycles. The summed E-state index contributed by atoms with van der Waals surface area (Å²) in [6.07, 6.45) is 3.77. The SMILES string of the molecule is O=C(O)CCNC(=O)N1CC2CCCC2C1. The number of hydrogen-bond donors (Lipinski definition) is 2. The largest absolute Gasteiger partial charge is 0.481 e. The number of aliphatic carboxylic acids is 1. The number of carboxylic acid groups (broad SMARTS) is 1. The van der Waals surface area contributed by atoms with Crippen LogP contribution in [-0.4, -0.2) is 41.6 Å². The third-order valence-electron chi connectivity index (χ3n) is 3.63. The van der Waals surface area contributed by atoms with Crippen LogP contribution < -0.4 is 5.32 Å². The first kappa shape index (κ1) is 11.2. The summed E-state index contributed by atoms with van der Waals surface area (Å²) in [6, 6.07) is -0.101. The molecule has 2 fully saturated rings. The number of nitrogens with one attached hydrogen (secondary N) is 1. The second-order valence-electron chi connectivity index (χ2n) is 4.73. The van der Waals surface area contributed by atoms with Crippen molar-refractivity contribution in [1.82, 2.24) is 10.2 Å². The van der Waals surface area contributed by atoms with Gasteiger partial charge in [-0.3, -0.25) is 4.79 Å². The molecule has 5 nitrogen and oxygen atoms in total. The van der Waals surface area contributed by atoms with E-state index in [1.54, 1.807) is 0 Å². The molecular weight excluding hydrogens is 208 g/mol. The highest BCUT2D eigenvalue weighted by Crippen LogP contribution is 2.37. The molecule has 1 heterocycles. The zero-order valence-electron chi connectivity index (χ0n) is 9.32. The molecule has 0 bridgehead atoms. The summed E-state index contributed by atoms with van der Waals surface area (Å²) in [5.74, 6) is 0.494. The first-order chi connectivity index (χ1) is 7.66. The first-order valence-corrected chi connectivity index (χ1v) is 5.91.